The molecule has 0 radical (unpaired) electrons. The van der Waals surface area contributed by atoms with Crippen molar-refractivity contribution in [2.45, 2.75) is 13.3 Å². The number of nitrogens with one attached hydrogen (secondary N) is 1. The molecule has 2 nitrogen and oxygen atoms in total. The highest BCUT2D eigenvalue weighted by Crippen LogP contribution is 2.10. The molecule has 0 aromatic heterocycles. The first-order valence-corrected chi connectivity index (χ1v) is 6.79. The minimum Gasteiger partial charge on any atom is -0.492 e. The molecule has 0 amide bonds. The lowest BCUT2D eigenvalue weighted by Crippen LogP contribution is -2.23. The lowest BCUT2D eigenvalue weighted by atomic mass is 10.1. The molecule has 2 aromatic rings. The molecule has 0 aliphatic heterocycles. The van der Waals surface area contributed by atoms with Crippen molar-refractivity contribution >= 4 is 0 Å². The van der Waals surface area contributed by atoms with E-state index in [2.05, 4.69) is 48.6 Å². The summed E-state index contributed by atoms with van der Waals surface area (Å²) in [6.45, 7) is 4.65. The molecule has 2 rings (SSSR count). The van der Waals surface area contributed by atoms with Crippen LogP contribution in [-0.4, -0.2) is 19.7 Å². The predicted octanol–water partition coefficient (Wildman–Crippen LogP) is 3.21. The average molecular weight is 255 g/mol. The van der Waals surface area contributed by atoms with Crippen LogP contribution in [0.2, 0.25) is 0 Å². The summed E-state index contributed by atoms with van der Waals surface area (Å²) in [5, 5.41) is 3.39. The number of rotatable bonds is 7. The van der Waals surface area contributed by atoms with Crippen LogP contribution in [0.5, 0.6) is 5.75 Å². The smallest absolute Gasteiger partial charge is 0.119 e. The van der Waals surface area contributed by atoms with Gasteiger partial charge in [0.2, 0.25) is 0 Å². The van der Waals surface area contributed by atoms with Gasteiger partial charge in [0.05, 0.1) is 0 Å². The van der Waals surface area contributed by atoms with Crippen molar-refractivity contribution < 1.29 is 4.74 Å². The number of hydrogen-bond donors (Lipinski definition) is 1. The zero-order valence-electron chi connectivity index (χ0n) is 11.4. The fourth-order valence-corrected chi connectivity index (χ4v) is 1.88. The maximum atomic E-state index is 5.65. The van der Waals surface area contributed by atoms with Crippen molar-refractivity contribution in [3.63, 3.8) is 0 Å². The lowest BCUT2D eigenvalue weighted by molar-refractivity contribution is 0.314. The Balaban J connectivity index is 1.56. The van der Waals surface area contributed by atoms with E-state index < -0.39 is 0 Å². The Bertz CT molecular complexity index is 464. The third-order valence-electron chi connectivity index (χ3n) is 3.00. The minimum absolute atomic E-state index is 0.706. The van der Waals surface area contributed by atoms with Gasteiger partial charge in [-0.3, -0.25) is 0 Å². The molecule has 0 saturated heterocycles. The fourth-order valence-electron chi connectivity index (χ4n) is 1.88. The molecule has 2 aromatic carbocycles. The second-order valence-corrected chi connectivity index (χ2v) is 4.65. The summed E-state index contributed by atoms with van der Waals surface area (Å²) >= 11 is 0. The lowest BCUT2D eigenvalue weighted by Gasteiger charge is -2.08. The first-order chi connectivity index (χ1) is 9.34. The highest BCUT2D eigenvalue weighted by molar-refractivity contribution is 5.26. The van der Waals surface area contributed by atoms with E-state index >= 15 is 0 Å². The molecule has 19 heavy (non-hydrogen) atoms. The van der Waals surface area contributed by atoms with Gasteiger partial charge in [0.25, 0.3) is 0 Å². The molecule has 0 atom stereocenters. The molecule has 0 spiro atoms. The van der Waals surface area contributed by atoms with Gasteiger partial charge in [-0.25, -0.2) is 0 Å². The van der Waals surface area contributed by atoms with E-state index in [9.17, 15) is 0 Å². The van der Waals surface area contributed by atoms with Crippen molar-refractivity contribution in [2.75, 3.05) is 19.7 Å². The Hall–Kier alpha value is -1.80. The van der Waals surface area contributed by atoms with Crippen molar-refractivity contribution in [1.29, 1.82) is 0 Å². The number of hydrogen-bond acceptors (Lipinski definition) is 2. The molecule has 0 heterocycles. The van der Waals surface area contributed by atoms with Gasteiger partial charge in [-0.2, -0.15) is 0 Å². The number of benzene rings is 2. The summed E-state index contributed by atoms with van der Waals surface area (Å²) in [7, 11) is 0. The maximum absolute atomic E-state index is 5.65. The normalized spacial score (nSPS) is 10.4. The third kappa shape index (κ3) is 5.14. The molecule has 0 aliphatic carbocycles. The van der Waals surface area contributed by atoms with Gasteiger partial charge in [-0.1, -0.05) is 48.0 Å². The highest BCUT2D eigenvalue weighted by Gasteiger charge is 1.94. The molecular formula is C17H21NO. The summed E-state index contributed by atoms with van der Waals surface area (Å²) in [6, 6.07) is 18.7. The van der Waals surface area contributed by atoms with Crippen molar-refractivity contribution in [2.24, 2.45) is 0 Å². The van der Waals surface area contributed by atoms with E-state index in [1.165, 1.54) is 11.1 Å². The van der Waals surface area contributed by atoms with Crippen LogP contribution in [0.25, 0.3) is 0 Å². The van der Waals surface area contributed by atoms with Crippen LogP contribution >= 0.6 is 0 Å². The van der Waals surface area contributed by atoms with Crippen molar-refractivity contribution in [1.82, 2.24) is 5.32 Å². The maximum Gasteiger partial charge on any atom is 0.119 e. The molecule has 0 aliphatic rings. The average Bonchev–Trinajstić information content (AvgIpc) is 2.46. The summed E-state index contributed by atoms with van der Waals surface area (Å²) < 4.78 is 5.65. The summed E-state index contributed by atoms with van der Waals surface area (Å²) in [5.41, 5.74) is 2.63. The van der Waals surface area contributed by atoms with Gasteiger partial charge in [-0.15, -0.1) is 0 Å². The van der Waals surface area contributed by atoms with Gasteiger partial charge in [0.15, 0.2) is 0 Å². The van der Waals surface area contributed by atoms with Crippen LogP contribution in [0.3, 0.4) is 0 Å². The van der Waals surface area contributed by atoms with E-state index in [0.717, 1.165) is 25.3 Å². The topological polar surface area (TPSA) is 21.3 Å². The molecule has 0 unspecified atom stereocenters. The van der Waals surface area contributed by atoms with E-state index in [4.69, 9.17) is 4.74 Å². The standard InChI is InChI=1S/C17H21NO/c1-15-7-9-17(10-8-15)19-14-13-18-12-11-16-5-3-2-4-6-16/h2-10,18H,11-14H2,1H3. The van der Waals surface area contributed by atoms with Crippen LogP contribution in [0.4, 0.5) is 0 Å². The second-order valence-electron chi connectivity index (χ2n) is 4.65. The van der Waals surface area contributed by atoms with Gasteiger partial charge < -0.3 is 10.1 Å². The van der Waals surface area contributed by atoms with Gasteiger partial charge in [0, 0.05) is 6.54 Å². The van der Waals surface area contributed by atoms with Gasteiger partial charge in [-0.05, 0) is 37.6 Å². The minimum atomic E-state index is 0.706. The number of aryl methyl sites for hydroxylation is 1. The zero-order chi connectivity index (χ0) is 13.3. The molecule has 2 heteroatoms. The van der Waals surface area contributed by atoms with E-state index in [-0.39, 0.29) is 0 Å². The SMILES string of the molecule is Cc1ccc(OCCNCCc2ccccc2)cc1. The Morgan fingerprint density at radius 3 is 2.37 bits per heavy atom. The second kappa shape index (κ2) is 7.59. The summed E-state index contributed by atoms with van der Waals surface area (Å²) in [5.74, 6) is 0.940. The highest BCUT2D eigenvalue weighted by atomic mass is 16.5. The number of ether oxygens (including phenoxy) is 1. The first kappa shape index (κ1) is 13.6. The van der Waals surface area contributed by atoms with Gasteiger partial charge >= 0.3 is 0 Å². The van der Waals surface area contributed by atoms with Crippen LogP contribution < -0.4 is 10.1 Å². The molecule has 0 saturated carbocycles. The Kier molecular flexibility index (Phi) is 5.45. The Labute approximate surface area is 115 Å². The quantitative estimate of drug-likeness (QED) is 0.767. The van der Waals surface area contributed by atoms with Crippen LogP contribution in [0.1, 0.15) is 11.1 Å². The zero-order valence-corrected chi connectivity index (χ0v) is 11.4. The van der Waals surface area contributed by atoms with E-state index in [1.54, 1.807) is 0 Å². The summed E-state index contributed by atoms with van der Waals surface area (Å²) in [4.78, 5) is 0. The fraction of sp³-hybridized carbons (Fsp3) is 0.294. The first-order valence-electron chi connectivity index (χ1n) is 6.79. The summed E-state index contributed by atoms with van der Waals surface area (Å²) in [6.07, 6.45) is 1.06. The van der Waals surface area contributed by atoms with Crippen molar-refractivity contribution in [3.8, 4) is 5.75 Å². The van der Waals surface area contributed by atoms with Gasteiger partial charge in [0.1, 0.15) is 12.4 Å². The van der Waals surface area contributed by atoms with E-state index in [1.807, 2.05) is 18.2 Å². The molecule has 1 N–H and O–H groups in total. The molecular weight excluding hydrogens is 234 g/mol. The molecule has 0 bridgehead atoms. The third-order valence-corrected chi connectivity index (χ3v) is 3.00. The van der Waals surface area contributed by atoms with E-state index in [0.29, 0.717) is 6.61 Å². The molecule has 100 valence electrons. The van der Waals surface area contributed by atoms with Crippen LogP contribution in [0, 0.1) is 6.92 Å². The Morgan fingerprint density at radius 2 is 1.63 bits per heavy atom. The largest absolute Gasteiger partial charge is 0.492 e. The Morgan fingerprint density at radius 1 is 0.895 bits per heavy atom. The van der Waals surface area contributed by atoms with Crippen molar-refractivity contribution in [3.05, 3.63) is 65.7 Å². The molecule has 0 fully saturated rings. The van der Waals surface area contributed by atoms with Crippen LogP contribution in [-0.2, 0) is 6.42 Å². The van der Waals surface area contributed by atoms with Crippen LogP contribution in [0.15, 0.2) is 54.6 Å². The monoisotopic (exact) mass is 255 g/mol. The predicted molar refractivity (Wildman–Crippen MR) is 79.7 cm³/mol.